The smallest absolute Gasteiger partial charge is 0.185 e. The first-order chi connectivity index (χ1) is 9.16. The van der Waals surface area contributed by atoms with Crippen molar-refractivity contribution in [2.75, 3.05) is 5.73 Å². The lowest BCUT2D eigenvalue weighted by molar-refractivity contribution is 0.443. The van der Waals surface area contributed by atoms with E-state index in [1.165, 1.54) is 6.42 Å². The molecule has 100 valence electrons. The molecule has 1 heterocycles. The van der Waals surface area contributed by atoms with E-state index < -0.39 is 0 Å². The molecule has 0 bridgehead atoms. The molecule has 2 aromatic rings. The van der Waals surface area contributed by atoms with Crippen LogP contribution in [-0.4, -0.2) is 20.2 Å². The number of halogens is 1. The van der Waals surface area contributed by atoms with Gasteiger partial charge in [-0.25, -0.2) is 4.68 Å². The maximum absolute atomic E-state index is 6.24. The lowest BCUT2D eigenvalue weighted by atomic mass is 10.1. The number of tetrazole rings is 1. The molecule has 1 saturated carbocycles. The van der Waals surface area contributed by atoms with Crippen molar-refractivity contribution in [3.8, 4) is 11.4 Å². The number of rotatable bonds is 2. The fraction of sp³-hybridized carbons (Fsp3) is 0.462. The third-order valence-corrected chi connectivity index (χ3v) is 4.09. The van der Waals surface area contributed by atoms with E-state index in [0.717, 1.165) is 18.4 Å². The summed E-state index contributed by atoms with van der Waals surface area (Å²) < 4.78 is 1.88. The molecule has 0 radical (unpaired) electrons. The van der Waals surface area contributed by atoms with Gasteiger partial charge in [0.25, 0.3) is 0 Å². The Morgan fingerprint density at radius 3 is 2.89 bits per heavy atom. The Bertz CT molecular complexity index is 574. The van der Waals surface area contributed by atoms with Gasteiger partial charge >= 0.3 is 0 Å². The molecular weight excluding hydrogens is 262 g/mol. The van der Waals surface area contributed by atoms with Crippen LogP contribution in [0.1, 0.15) is 32.2 Å². The van der Waals surface area contributed by atoms with Crippen molar-refractivity contribution in [3.05, 3.63) is 23.2 Å². The van der Waals surface area contributed by atoms with Crippen LogP contribution in [0, 0.1) is 5.92 Å². The Labute approximate surface area is 116 Å². The van der Waals surface area contributed by atoms with Gasteiger partial charge < -0.3 is 5.73 Å². The van der Waals surface area contributed by atoms with Gasteiger partial charge in [0, 0.05) is 5.69 Å². The zero-order valence-electron chi connectivity index (χ0n) is 10.8. The van der Waals surface area contributed by atoms with Crippen molar-refractivity contribution in [1.29, 1.82) is 0 Å². The van der Waals surface area contributed by atoms with E-state index in [-0.39, 0.29) is 0 Å². The number of nitrogens with two attached hydrogens (primary N) is 1. The molecule has 1 fully saturated rings. The van der Waals surface area contributed by atoms with E-state index in [1.54, 1.807) is 0 Å². The standard InChI is InChI=1S/C13H16ClN5/c1-8-5-6-9(7-8)19-13(16-17-18-19)12-10(14)3-2-4-11(12)15/h2-4,8-9H,5-7,15H2,1H3. The molecule has 1 aromatic carbocycles. The van der Waals surface area contributed by atoms with Gasteiger partial charge in [-0.3, -0.25) is 0 Å². The van der Waals surface area contributed by atoms with Crippen LogP contribution in [0.2, 0.25) is 5.02 Å². The summed E-state index contributed by atoms with van der Waals surface area (Å²) in [6, 6.07) is 5.80. The summed E-state index contributed by atoms with van der Waals surface area (Å²) in [5.74, 6) is 1.38. The first-order valence-electron chi connectivity index (χ1n) is 6.49. The van der Waals surface area contributed by atoms with Gasteiger partial charge in [-0.1, -0.05) is 24.6 Å². The molecule has 1 aliphatic rings. The van der Waals surface area contributed by atoms with Gasteiger partial charge in [-0.05, 0) is 47.7 Å². The predicted octanol–water partition coefficient (Wildman–Crippen LogP) is 2.94. The first kappa shape index (κ1) is 12.4. The summed E-state index contributed by atoms with van der Waals surface area (Å²) in [7, 11) is 0. The quantitative estimate of drug-likeness (QED) is 0.857. The normalized spacial score (nSPS) is 22.8. The third-order valence-electron chi connectivity index (χ3n) is 3.78. The molecule has 6 heteroatoms. The van der Waals surface area contributed by atoms with Crippen LogP contribution in [0.25, 0.3) is 11.4 Å². The van der Waals surface area contributed by atoms with Crippen molar-refractivity contribution in [1.82, 2.24) is 20.2 Å². The van der Waals surface area contributed by atoms with Crippen molar-refractivity contribution >= 4 is 17.3 Å². The van der Waals surface area contributed by atoms with E-state index in [2.05, 4.69) is 22.4 Å². The number of nitrogens with zero attached hydrogens (tertiary/aromatic N) is 4. The van der Waals surface area contributed by atoms with Gasteiger partial charge in [0.05, 0.1) is 16.6 Å². The van der Waals surface area contributed by atoms with E-state index >= 15 is 0 Å². The maximum Gasteiger partial charge on any atom is 0.185 e. The highest BCUT2D eigenvalue weighted by atomic mass is 35.5. The largest absolute Gasteiger partial charge is 0.398 e. The summed E-state index contributed by atoms with van der Waals surface area (Å²) in [5.41, 5.74) is 7.35. The fourth-order valence-electron chi connectivity index (χ4n) is 2.78. The lowest BCUT2D eigenvalue weighted by Crippen LogP contribution is -2.10. The molecule has 3 rings (SSSR count). The Morgan fingerprint density at radius 2 is 2.21 bits per heavy atom. The van der Waals surface area contributed by atoms with Crippen molar-refractivity contribution in [2.24, 2.45) is 5.92 Å². The Hall–Kier alpha value is -1.62. The molecule has 2 atom stereocenters. The highest BCUT2D eigenvalue weighted by molar-refractivity contribution is 6.33. The van der Waals surface area contributed by atoms with Crippen LogP contribution < -0.4 is 5.73 Å². The second-order valence-corrected chi connectivity index (χ2v) is 5.63. The van der Waals surface area contributed by atoms with Gasteiger partial charge in [-0.2, -0.15) is 0 Å². The van der Waals surface area contributed by atoms with Crippen LogP contribution in [0.5, 0.6) is 0 Å². The molecule has 1 aromatic heterocycles. The monoisotopic (exact) mass is 277 g/mol. The average molecular weight is 278 g/mol. The minimum atomic E-state index is 0.343. The highest BCUT2D eigenvalue weighted by Crippen LogP contribution is 2.38. The number of aromatic nitrogens is 4. The molecule has 2 unspecified atom stereocenters. The van der Waals surface area contributed by atoms with Gasteiger partial charge in [0.15, 0.2) is 5.82 Å². The highest BCUT2D eigenvalue weighted by Gasteiger charge is 2.27. The number of hydrogen-bond donors (Lipinski definition) is 1. The molecular formula is C13H16ClN5. The van der Waals surface area contributed by atoms with Gasteiger partial charge in [0.1, 0.15) is 0 Å². The van der Waals surface area contributed by atoms with Gasteiger partial charge in [-0.15, -0.1) is 5.10 Å². The van der Waals surface area contributed by atoms with Crippen LogP contribution in [0.3, 0.4) is 0 Å². The number of nitrogen functional groups attached to an aromatic ring is 1. The average Bonchev–Trinajstić information content (AvgIpc) is 2.97. The van der Waals surface area contributed by atoms with Crippen molar-refractivity contribution in [3.63, 3.8) is 0 Å². The Morgan fingerprint density at radius 1 is 1.37 bits per heavy atom. The van der Waals surface area contributed by atoms with Crippen LogP contribution in [0.4, 0.5) is 5.69 Å². The molecule has 0 saturated heterocycles. The minimum absolute atomic E-state index is 0.343. The first-order valence-corrected chi connectivity index (χ1v) is 6.87. The lowest BCUT2D eigenvalue weighted by Gasteiger charge is -2.13. The Kier molecular flexibility index (Phi) is 3.14. The van der Waals surface area contributed by atoms with E-state index in [0.29, 0.717) is 28.5 Å². The summed E-state index contributed by atoms with van der Waals surface area (Å²) >= 11 is 6.24. The fourth-order valence-corrected chi connectivity index (χ4v) is 3.05. The zero-order valence-corrected chi connectivity index (χ0v) is 11.5. The van der Waals surface area contributed by atoms with E-state index in [9.17, 15) is 0 Å². The summed E-state index contributed by atoms with van der Waals surface area (Å²) in [5, 5.41) is 12.6. The maximum atomic E-state index is 6.24. The van der Waals surface area contributed by atoms with E-state index in [4.69, 9.17) is 17.3 Å². The van der Waals surface area contributed by atoms with E-state index in [1.807, 2.05) is 22.9 Å². The van der Waals surface area contributed by atoms with Crippen molar-refractivity contribution < 1.29 is 0 Å². The molecule has 1 aliphatic carbocycles. The van der Waals surface area contributed by atoms with Gasteiger partial charge in [0.2, 0.25) is 0 Å². The molecule has 2 N–H and O–H groups in total. The number of anilines is 1. The second-order valence-electron chi connectivity index (χ2n) is 5.22. The SMILES string of the molecule is CC1CCC(n2nnnc2-c2c(N)cccc2Cl)C1. The van der Waals surface area contributed by atoms with Crippen LogP contribution in [-0.2, 0) is 0 Å². The van der Waals surface area contributed by atoms with Crippen LogP contribution >= 0.6 is 11.6 Å². The molecule has 19 heavy (non-hydrogen) atoms. The second kappa shape index (κ2) is 4.81. The number of hydrogen-bond acceptors (Lipinski definition) is 4. The van der Waals surface area contributed by atoms with Crippen molar-refractivity contribution in [2.45, 2.75) is 32.2 Å². The molecule has 5 nitrogen and oxygen atoms in total. The molecule has 0 amide bonds. The topological polar surface area (TPSA) is 69.6 Å². The summed E-state index contributed by atoms with van der Waals surface area (Å²) in [6.45, 7) is 2.26. The molecule has 0 spiro atoms. The summed E-state index contributed by atoms with van der Waals surface area (Å²) in [4.78, 5) is 0. The Balaban J connectivity index is 2.05. The van der Waals surface area contributed by atoms with Crippen LogP contribution in [0.15, 0.2) is 18.2 Å². The zero-order chi connectivity index (χ0) is 13.4. The number of benzene rings is 1. The third kappa shape index (κ3) is 2.18. The summed E-state index contributed by atoms with van der Waals surface area (Å²) in [6.07, 6.45) is 3.41. The minimum Gasteiger partial charge on any atom is -0.398 e. The molecule has 0 aliphatic heterocycles. The predicted molar refractivity (Wildman–Crippen MR) is 74.7 cm³/mol.